The molecule has 98 valence electrons. The fraction of sp³-hybridized carbons (Fsp3) is 0.154. The van der Waals surface area contributed by atoms with Crippen LogP contribution in [-0.2, 0) is 16.6 Å². The van der Waals surface area contributed by atoms with Crippen LogP contribution in [0.1, 0.15) is 5.56 Å². The van der Waals surface area contributed by atoms with Crippen molar-refractivity contribution in [1.29, 1.82) is 0 Å². The van der Waals surface area contributed by atoms with Gasteiger partial charge in [0.1, 0.15) is 0 Å². The van der Waals surface area contributed by atoms with Crippen molar-refractivity contribution in [3.05, 3.63) is 42.1 Å². The molecule has 1 aromatic heterocycles. The molecule has 2 N–H and O–H groups in total. The Labute approximate surface area is 110 Å². The molecule has 0 fully saturated rings. The van der Waals surface area contributed by atoms with Crippen molar-refractivity contribution in [1.82, 2.24) is 9.78 Å². The van der Waals surface area contributed by atoms with E-state index in [1.165, 1.54) is 4.68 Å². The molecule has 0 aliphatic carbocycles. The van der Waals surface area contributed by atoms with Gasteiger partial charge in [0, 0.05) is 25.0 Å². The van der Waals surface area contributed by atoms with E-state index in [1.54, 1.807) is 31.4 Å². The third-order valence-electron chi connectivity index (χ3n) is 2.44. The largest absolute Gasteiger partial charge is 0.318 e. The first-order valence-corrected chi connectivity index (χ1v) is 5.73. The summed E-state index contributed by atoms with van der Waals surface area (Å²) >= 11 is 0. The molecule has 1 heterocycles. The second kappa shape index (κ2) is 5.34. The van der Waals surface area contributed by atoms with Crippen molar-refractivity contribution in [2.45, 2.75) is 6.92 Å². The van der Waals surface area contributed by atoms with E-state index in [0.717, 1.165) is 5.56 Å². The highest BCUT2D eigenvalue weighted by Crippen LogP contribution is 2.09. The molecule has 1 aromatic carbocycles. The number of hydrogen-bond donors (Lipinski definition) is 2. The molecule has 0 radical (unpaired) electrons. The number of carbonyl (C=O) groups excluding carboxylic acids is 2. The highest BCUT2D eigenvalue weighted by atomic mass is 16.2. The quantitative estimate of drug-likeness (QED) is 0.797. The second-order valence-electron chi connectivity index (χ2n) is 4.15. The number of aryl methyl sites for hydroxylation is 2. The molecule has 19 heavy (non-hydrogen) atoms. The SMILES string of the molecule is Cc1cccc(NC(=O)C(=O)Nc2ccn(C)n2)c1. The minimum atomic E-state index is -0.750. The van der Waals surface area contributed by atoms with Crippen molar-refractivity contribution >= 4 is 23.3 Å². The Kier molecular flexibility index (Phi) is 3.61. The van der Waals surface area contributed by atoms with Gasteiger partial charge in [-0.25, -0.2) is 0 Å². The van der Waals surface area contributed by atoms with Crippen LogP contribution in [0.4, 0.5) is 11.5 Å². The number of nitrogens with zero attached hydrogens (tertiary/aromatic N) is 2. The average molecular weight is 258 g/mol. The van der Waals surface area contributed by atoms with Crippen LogP contribution < -0.4 is 10.6 Å². The zero-order valence-electron chi connectivity index (χ0n) is 10.7. The summed E-state index contributed by atoms with van der Waals surface area (Å²) in [7, 11) is 1.72. The Morgan fingerprint density at radius 3 is 2.53 bits per heavy atom. The van der Waals surface area contributed by atoms with Crippen molar-refractivity contribution in [2.75, 3.05) is 10.6 Å². The number of hydrogen-bond acceptors (Lipinski definition) is 3. The summed E-state index contributed by atoms with van der Waals surface area (Å²) in [4.78, 5) is 23.3. The summed E-state index contributed by atoms with van der Waals surface area (Å²) in [5, 5.41) is 8.90. The van der Waals surface area contributed by atoms with E-state index in [2.05, 4.69) is 15.7 Å². The predicted octanol–water partition coefficient (Wildman–Crippen LogP) is 1.31. The Morgan fingerprint density at radius 2 is 1.89 bits per heavy atom. The highest BCUT2D eigenvalue weighted by molar-refractivity contribution is 6.43. The average Bonchev–Trinajstić information content (AvgIpc) is 2.74. The number of carbonyl (C=O) groups is 2. The fourth-order valence-electron chi connectivity index (χ4n) is 1.57. The van der Waals surface area contributed by atoms with Crippen LogP contribution >= 0.6 is 0 Å². The molecule has 6 heteroatoms. The van der Waals surface area contributed by atoms with E-state index in [9.17, 15) is 9.59 Å². The van der Waals surface area contributed by atoms with E-state index in [-0.39, 0.29) is 0 Å². The lowest BCUT2D eigenvalue weighted by Gasteiger charge is -2.05. The summed E-state index contributed by atoms with van der Waals surface area (Å²) in [6, 6.07) is 8.83. The molecule has 0 aliphatic rings. The number of amides is 2. The zero-order valence-corrected chi connectivity index (χ0v) is 10.7. The molecule has 0 atom stereocenters. The Morgan fingerprint density at radius 1 is 1.16 bits per heavy atom. The van der Waals surface area contributed by atoms with Gasteiger partial charge in [-0.2, -0.15) is 5.10 Å². The number of nitrogens with one attached hydrogen (secondary N) is 2. The molecule has 0 bridgehead atoms. The maximum absolute atomic E-state index is 11.7. The summed E-state index contributed by atoms with van der Waals surface area (Å²) in [5.74, 6) is -1.14. The second-order valence-corrected chi connectivity index (χ2v) is 4.15. The molecule has 0 aliphatic heterocycles. The molecular weight excluding hydrogens is 244 g/mol. The lowest BCUT2D eigenvalue weighted by Crippen LogP contribution is -2.29. The molecule has 2 amide bonds. The number of rotatable bonds is 2. The maximum Gasteiger partial charge on any atom is 0.315 e. The van der Waals surface area contributed by atoms with E-state index in [0.29, 0.717) is 11.5 Å². The predicted molar refractivity (Wildman–Crippen MR) is 71.6 cm³/mol. The van der Waals surface area contributed by atoms with Crippen molar-refractivity contribution in [3.63, 3.8) is 0 Å². The molecule has 0 spiro atoms. The van der Waals surface area contributed by atoms with Gasteiger partial charge in [-0.15, -0.1) is 0 Å². The van der Waals surface area contributed by atoms with Gasteiger partial charge in [0.15, 0.2) is 5.82 Å². The van der Waals surface area contributed by atoms with Gasteiger partial charge in [-0.1, -0.05) is 12.1 Å². The van der Waals surface area contributed by atoms with E-state index in [1.807, 2.05) is 19.1 Å². The summed E-state index contributed by atoms with van der Waals surface area (Å²) in [5.41, 5.74) is 1.59. The van der Waals surface area contributed by atoms with Crippen LogP contribution in [0.25, 0.3) is 0 Å². The van der Waals surface area contributed by atoms with Crippen LogP contribution in [0.5, 0.6) is 0 Å². The van der Waals surface area contributed by atoms with Gasteiger partial charge in [0.2, 0.25) is 0 Å². The standard InChI is InChI=1S/C13H14N4O2/c1-9-4-3-5-10(8-9)14-12(18)13(19)15-11-6-7-17(2)16-11/h3-8H,1-2H3,(H,14,18)(H,15,16,19). The first-order chi connectivity index (χ1) is 9.04. The Hall–Kier alpha value is -2.63. The van der Waals surface area contributed by atoms with Gasteiger partial charge >= 0.3 is 11.8 Å². The molecule has 0 saturated heterocycles. The molecule has 0 saturated carbocycles. The van der Waals surface area contributed by atoms with Gasteiger partial charge in [-0.3, -0.25) is 14.3 Å². The Bertz CT molecular complexity index is 619. The van der Waals surface area contributed by atoms with Crippen LogP contribution in [-0.4, -0.2) is 21.6 Å². The maximum atomic E-state index is 11.7. The highest BCUT2D eigenvalue weighted by Gasteiger charge is 2.14. The first kappa shape index (κ1) is 12.8. The number of aromatic nitrogens is 2. The van der Waals surface area contributed by atoms with Gasteiger partial charge in [0.05, 0.1) is 0 Å². The van der Waals surface area contributed by atoms with Gasteiger partial charge in [0.25, 0.3) is 0 Å². The minimum Gasteiger partial charge on any atom is -0.318 e. The molecular formula is C13H14N4O2. The lowest BCUT2D eigenvalue weighted by molar-refractivity contribution is -0.133. The van der Waals surface area contributed by atoms with E-state index >= 15 is 0 Å². The monoisotopic (exact) mass is 258 g/mol. The van der Waals surface area contributed by atoms with Crippen LogP contribution in [0, 0.1) is 6.92 Å². The fourth-order valence-corrected chi connectivity index (χ4v) is 1.57. The normalized spacial score (nSPS) is 10.0. The van der Waals surface area contributed by atoms with Crippen molar-refractivity contribution in [3.8, 4) is 0 Å². The zero-order chi connectivity index (χ0) is 13.8. The summed E-state index contributed by atoms with van der Waals surface area (Å²) in [6.07, 6.45) is 1.67. The Balaban J connectivity index is 1.98. The first-order valence-electron chi connectivity index (χ1n) is 5.73. The van der Waals surface area contributed by atoms with E-state index in [4.69, 9.17) is 0 Å². The molecule has 6 nitrogen and oxygen atoms in total. The molecule has 2 aromatic rings. The number of benzene rings is 1. The van der Waals surface area contributed by atoms with Crippen LogP contribution in [0.2, 0.25) is 0 Å². The van der Waals surface area contributed by atoms with Crippen molar-refractivity contribution < 1.29 is 9.59 Å². The molecule has 0 unspecified atom stereocenters. The smallest absolute Gasteiger partial charge is 0.315 e. The topological polar surface area (TPSA) is 76.0 Å². The lowest BCUT2D eigenvalue weighted by atomic mass is 10.2. The molecule has 2 rings (SSSR count). The minimum absolute atomic E-state index is 0.340. The van der Waals surface area contributed by atoms with Crippen molar-refractivity contribution in [2.24, 2.45) is 7.05 Å². The summed E-state index contributed by atoms with van der Waals surface area (Å²) < 4.78 is 1.54. The van der Waals surface area contributed by atoms with Crippen LogP contribution in [0.3, 0.4) is 0 Å². The van der Waals surface area contributed by atoms with Gasteiger partial charge in [-0.05, 0) is 24.6 Å². The summed E-state index contributed by atoms with van der Waals surface area (Å²) in [6.45, 7) is 1.91. The van der Waals surface area contributed by atoms with Gasteiger partial charge < -0.3 is 10.6 Å². The third kappa shape index (κ3) is 3.41. The van der Waals surface area contributed by atoms with E-state index < -0.39 is 11.8 Å². The third-order valence-corrected chi connectivity index (χ3v) is 2.44. The number of anilines is 2. The van der Waals surface area contributed by atoms with Crippen LogP contribution in [0.15, 0.2) is 36.5 Å².